The number of carbonyl (C=O) groups excluding carboxylic acids is 1. The van der Waals surface area contributed by atoms with Crippen LogP contribution in [0.4, 0.5) is 0 Å². The van der Waals surface area contributed by atoms with Crippen LogP contribution in [0.1, 0.15) is 25.5 Å². The lowest BCUT2D eigenvalue weighted by Gasteiger charge is -2.38. The van der Waals surface area contributed by atoms with E-state index >= 15 is 0 Å². The summed E-state index contributed by atoms with van der Waals surface area (Å²) in [6, 6.07) is 10.0. The zero-order chi connectivity index (χ0) is 12.4. The molecule has 17 heavy (non-hydrogen) atoms. The van der Waals surface area contributed by atoms with Crippen molar-refractivity contribution in [2.75, 3.05) is 7.05 Å². The maximum Gasteiger partial charge on any atom is 0.288 e. The van der Waals surface area contributed by atoms with E-state index in [0.717, 1.165) is 5.56 Å². The summed E-state index contributed by atoms with van der Waals surface area (Å²) in [5.41, 5.74) is 1.10. The summed E-state index contributed by atoms with van der Waals surface area (Å²) in [5, 5.41) is 0. The Labute approximate surface area is 102 Å². The molecule has 0 N–H and O–H groups in total. The highest BCUT2D eigenvalue weighted by Crippen LogP contribution is 2.32. The third kappa shape index (κ3) is 2.05. The van der Waals surface area contributed by atoms with Crippen LogP contribution in [-0.4, -0.2) is 23.9 Å². The molecule has 90 valence electrons. The molecule has 0 aliphatic carbocycles. The Hall–Kier alpha value is -1.77. The number of ether oxygens (including phenoxy) is 1. The number of amides is 1. The van der Waals surface area contributed by atoms with E-state index in [9.17, 15) is 4.79 Å². The summed E-state index contributed by atoms with van der Waals surface area (Å²) in [6.07, 6.45) is 1.63. The molecule has 1 heterocycles. The van der Waals surface area contributed by atoms with Gasteiger partial charge in [-0.2, -0.15) is 0 Å². The van der Waals surface area contributed by atoms with Crippen LogP contribution in [0, 0.1) is 0 Å². The molecular formula is C14H17NO2. The van der Waals surface area contributed by atoms with Gasteiger partial charge in [-0.15, -0.1) is 0 Å². The van der Waals surface area contributed by atoms with Gasteiger partial charge in [-0.3, -0.25) is 4.79 Å². The quantitative estimate of drug-likeness (QED) is 0.695. The second kappa shape index (κ2) is 4.62. The second-order valence-corrected chi connectivity index (χ2v) is 4.26. The number of hydrogen-bond donors (Lipinski definition) is 0. The Bertz CT molecular complexity index is 439. The lowest BCUT2D eigenvalue weighted by atomic mass is 10.0. The molecule has 1 aromatic carbocycles. The predicted octanol–water partition coefficient (Wildman–Crippen LogP) is 2.51. The molecule has 3 heteroatoms. The molecule has 1 saturated heterocycles. The van der Waals surface area contributed by atoms with Gasteiger partial charge in [0.25, 0.3) is 5.91 Å². The van der Waals surface area contributed by atoms with Crippen LogP contribution in [0.15, 0.2) is 42.2 Å². The van der Waals surface area contributed by atoms with E-state index in [0.29, 0.717) is 5.76 Å². The van der Waals surface area contributed by atoms with Gasteiger partial charge in [0.05, 0.1) is 6.04 Å². The van der Waals surface area contributed by atoms with Gasteiger partial charge in [0.1, 0.15) is 6.10 Å². The summed E-state index contributed by atoms with van der Waals surface area (Å²) in [6.45, 7) is 3.82. The number of hydrogen-bond acceptors (Lipinski definition) is 2. The lowest BCUT2D eigenvalue weighted by molar-refractivity contribution is -0.143. The molecule has 0 spiro atoms. The van der Waals surface area contributed by atoms with E-state index in [1.165, 1.54) is 0 Å². The number of morpholine rings is 1. The molecule has 2 atom stereocenters. The second-order valence-electron chi connectivity index (χ2n) is 4.26. The van der Waals surface area contributed by atoms with Gasteiger partial charge in [0.2, 0.25) is 0 Å². The van der Waals surface area contributed by atoms with Crippen molar-refractivity contribution >= 4 is 5.91 Å². The molecule has 0 radical (unpaired) electrons. The van der Waals surface area contributed by atoms with Crippen molar-refractivity contribution in [3.05, 3.63) is 47.7 Å². The Morgan fingerprint density at radius 3 is 2.53 bits per heavy atom. The molecule has 2 rings (SSSR count). The third-order valence-electron chi connectivity index (χ3n) is 3.22. The fourth-order valence-corrected chi connectivity index (χ4v) is 2.03. The van der Waals surface area contributed by atoms with E-state index in [-0.39, 0.29) is 18.1 Å². The van der Waals surface area contributed by atoms with Gasteiger partial charge < -0.3 is 9.64 Å². The number of nitrogens with zero attached hydrogens (tertiary/aromatic N) is 1. The van der Waals surface area contributed by atoms with Crippen molar-refractivity contribution in [3.63, 3.8) is 0 Å². The number of carbonyl (C=O) groups is 1. The fraction of sp³-hybridized carbons (Fsp3) is 0.357. The van der Waals surface area contributed by atoms with Crippen LogP contribution >= 0.6 is 0 Å². The van der Waals surface area contributed by atoms with Crippen molar-refractivity contribution in [2.24, 2.45) is 0 Å². The minimum atomic E-state index is -0.0925. The molecule has 1 fully saturated rings. The lowest BCUT2D eigenvalue weighted by Crippen LogP contribution is -2.45. The molecule has 0 aromatic heterocycles. The van der Waals surface area contributed by atoms with E-state index in [1.54, 1.807) is 11.0 Å². The van der Waals surface area contributed by atoms with Crippen LogP contribution < -0.4 is 0 Å². The Kier molecular flexibility index (Phi) is 3.18. The average molecular weight is 231 g/mol. The normalized spacial score (nSPS) is 27.1. The summed E-state index contributed by atoms with van der Waals surface area (Å²) in [4.78, 5) is 13.6. The summed E-state index contributed by atoms with van der Waals surface area (Å²) < 4.78 is 5.79. The van der Waals surface area contributed by atoms with Gasteiger partial charge >= 0.3 is 0 Å². The maximum atomic E-state index is 11.9. The first-order valence-electron chi connectivity index (χ1n) is 5.80. The molecule has 0 saturated carbocycles. The van der Waals surface area contributed by atoms with Crippen molar-refractivity contribution in [1.82, 2.24) is 4.90 Å². The molecule has 0 bridgehead atoms. The van der Waals surface area contributed by atoms with Crippen LogP contribution in [0.2, 0.25) is 0 Å². The topological polar surface area (TPSA) is 29.5 Å². The van der Waals surface area contributed by atoms with Crippen molar-refractivity contribution in [2.45, 2.75) is 26.0 Å². The van der Waals surface area contributed by atoms with Crippen LogP contribution in [0.3, 0.4) is 0 Å². The molecule has 3 nitrogen and oxygen atoms in total. The van der Waals surface area contributed by atoms with Gasteiger partial charge in [-0.25, -0.2) is 0 Å². The van der Waals surface area contributed by atoms with Crippen LogP contribution in [0.5, 0.6) is 0 Å². The zero-order valence-corrected chi connectivity index (χ0v) is 10.4. The van der Waals surface area contributed by atoms with Crippen molar-refractivity contribution in [1.29, 1.82) is 0 Å². The van der Waals surface area contributed by atoms with E-state index in [1.807, 2.05) is 51.2 Å². The highest BCUT2D eigenvalue weighted by molar-refractivity contribution is 5.92. The monoisotopic (exact) mass is 231 g/mol. The Morgan fingerprint density at radius 1 is 1.29 bits per heavy atom. The van der Waals surface area contributed by atoms with E-state index in [2.05, 4.69) is 0 Å². The first-order chi connectivity index (χ1) is 8.15. The van der Waals surface area contributed by atoms with Crippen LogP contribution in [-0.2, 0) is 9.53 Å². The Morgan fingerprint density at radius 2 is 1.94 bits per heavy atom. The maximum absolute atomic E-state index is 11.9. The van der Waals surface area contributed by atoms with Crippen LogP contribution in [0.25, 0.3) is 0 Å². The smallest absolute Gasteiger partial charge is 0.288 e. The van der Waals surface area contributed by atoms with E-state index in [4.69, 9.17) is 4.74 Å². The highest BCUT2D eigenvalue weighted by atomic mass is 16.5. The van der Waals surface area contributed by atoms with Crippen molar-refractivity contribution in [3.8, 4) is 0 Å². The third-order valence-corrected chi connectivity index (χ3v) is 3.22. The minimum absolute atomic E-state index is 0.0357. The minimum Gasteiger partial charge on any atom is -0.478 e. The van der Waals surface area contributed by atoms with Crippen molar-refractivity contribution < 1.29 is 9.53 Å². The molecule has 1 aliphatic heterocycles. The molecule has 1 aromatic rings. The number of rotatable bonds is 1. The first-order valence-corrected chi connectivity index (χ1v) is 5.80. The Balaban J connectivity index is 2.33. The van der Waals surface area contributed by atoms with Gasteiger partial charge in [0, 0.05) is 7.05 Å². The van der Waals surface area contributed by atoms with Gasteiger partial charge in [-0.1, -0.05) is 30.3 Å². The fourth-order valence-electron chi connectivity index (χ4n) is 2.03. The van der Waals surface area contributed by atoms with E-state index < -0.39 is 0 Å². The summed E-state index contributed by atoms with van der Waals surface area (Å²) in [5.74, 6) is 0.381. The summed E-state index contributed by atoms with van der Waals surface area (Å²) in [7, 11) is 1.81. The first kappa shape index (κ1) is 11.7. The molecular weight excluding hydrogens is 214 g/mol. The SMILES string of the molecule is C/C=C1/O[C@H](c2ccccc2)[C@H](C)N(C)C1=O. The zero-order valence-electron chi connectivity index (χ0n) is 10.4. The largest absolute Gasteiger partial charge is 0.478 e. The number of allylic oxidation sites excluding steroid dienone is 1. The standard InChI is InChI=1S/C14H17NO2/c1-4-12-14(16)15(3)10(2)13(17-12)11-8-6-5-7-9-11/h4-10,13H,1-3H3/b12-4+/t10-,13-/m0/s1. The average Bonchev–Trinajstić information content (AvgIpc) is 2.37. The molecule has 0 unspecified atom stereocenters. The number of likely N-dealkylation sites (N-methyl/N-ethyl adjacent to an activating group) is 1. The predicted molar refractivity (Wildman–Crippen MR) is 66.3 cm³/mol. The van der Waals surface area contributed by atoms with Gasteiger partial charge in [0.15, 0.2) is 5.76 Å². The molecule has 1 aliphatic rings. The highest BCUT2D eigenvalue weighted by Gasteiger charge is 2.35. The summed E-state index contributed by atoms with van der Waals surface area (Å²) >= 11 is 0. The molecule has 1 amide bonds. The number of benzene rings is 1. The van der Waals surface area contributed by atoms with Gasteiger partial charge in [-0.05, 0) is 25.5 Å².